The van der Waals surface area contributed by atoms with E-state index in [2.05, 4.69) is 38.3 Å². The Balaban J connectivity index is 3.05. The van der Waals surface area contributed by atoms with Crippen molar-refractivity contribution in [3.05, 3.63) is 60.2 Å². The molecule has 0 unspecified atom stereocenters. The summed E-state index contributed by atoms with van der Waals surface area (Å²) in [6, 6.07) is 6.30. The lowest BCUT2D eigenvalue weighted by molar-refractivity contribution is 1.43. The van der Waals surface area contributed by atoms with Crippen LogP contribution in [0.25, 0.3) is 12.2 Å². The van der Waals surface area contributed by atoms with Crippen molar-refractivity contribution >= 4 is 12.2 Å². The van der Waals surface area contributed by atoms with Gasteiger partial charge in [-0.05, 0) is 29.7 Å². The molecule has 0 aliphatic carbocycles. The van der Waals surface area contributed by atoms with Gasteiger partial charge in [-0.1, -0.05) is 49.6 Å². The highest BCUT2D eigenvalue weighted by molar-refractivity contribution is 5.60. The second-order valence-corrected chi connectivity index (χ2v) is 2.91. The Hall–Kier alpha value is -1.56. The van der Waals surface area contributed by atoms with Gasteiger partial charge in [-0.15, -0.1) is 0 Å². The monoisotopic (exact) mass is 170 g/mol. The van der Waals surface area contributed by atoms with Crippen LogP contribution in [0.5, 0.6) is 0 Å². The summed E-state index contributed by atoms with van der Waals surface area (Å²) in [6.45, 7) is 9.48. The molecular weight excluding hydrogens is 156 g/mol. The fourth-order valence-corrected chi connectivity index (χ4v) is 1.16. The van der Waals surface area contributed by atoms with E-state index in [0.29, 0.717) is 0 Å². The fourth-order valence-electron chi connectivity index (χ4n) is 1.16. The molecule has 0 aliphatic heterocycles. The summed E-state index contributed by atoms with van der Waals surface area (Å²) in [5.41, 5.74) is 3.62. The summed E-state index contributed by atoms with van der Waals surface area (Å²) in [6.07, 6.45) is 7.60. The molecule has 0 spiro atoms. The van der Waals surface area contributed by atoms with Crippen LogP contribution in [-0.2, 0) is 0 Å². The highest BCUT2D eigenvalue weighted by atomic mass is 14.0. The van der Waals surface area contributed by atoms with Gasteiger partial charge in [0.05, 0.1) is 0 Å². The number of benzene rings is 1. The molecular formula is C13H14. The molecule has 0 radical (unpaired) electrons. The molecule has 1 aromatic carbocycles. The molecule has 0 amide bonds. The quantitative estimate of drug-likeness (QED) is 0.605. The average Bonchev–Trinajstić information content (AvgIpc) is 2.16. The van der Waals surface area contributed by atoms with Gasteiger partial charge in [-0.25, -0.2) is 0 Å². The van der Waals surface area contributed by atoms with E-state index in [-0.39, 0.29) is 0 Å². The van der Waals surface area contributed by atoms with Crippen molar-refractivity contribution < 1.29 is 0 Å². The first-order valence-corrected chi connectivity index (χ1v) is 4.30. The molecule has 0 saturated heterocycles. The lowest BCUT2D eigenvalue weighted by atomic mass is 10.0. The molecule has 13 heavy (non-hydrogen) atoms. The number of hydrogen-bond donors (Lipinski definition) is 0. The predicted octanol–water partition coefficient (Wildman–Crippen LogP) is 3.84. The Bertz CT molecular complexity index is 343. The van der Waals surface area contributed by atoms with E-state index in [1.807, 2.05) is 18.2 Å². The third-order valence-electron chi connectivity index (χ3n) is 1.95. The van der Waals surface area contributed by atoms with Gasteiger partial charge in [0.1, 0.15) is 0 Å². The predicted molar refractivity (Wildman–Crippen MR) is 60.5 cm³/mol. The van der Waals surface area contributed by atoms with Crippen LogP contribution in [-0.4, -0.2) is 0 Å². The maximum Gasteiger partial charge on any atom is -0.0227 e. The fraction of sp³-hybridized carbons (Fsp3) is 0.0769. The van der Waals surface area contributed by atoms with Crippen molar-refractivity contribution in [3.8, 4) is 0 Å². The molecule has 66 valence electrons. The zero-order valence-corrected chi connectivity index (χ0v) is 7.96. The molecule has 1 rings (SSSR count). The van der Waals surface area contributed by atoms with Crippen LogP contribution in [0.3, 0.4) is 0 Å². The van der Waals surface area contributed by atoms with E-state index < -0.39 is 0 Å². The van der Waals surface area contributed by atoms with E-state index in [1.165, 1.54) is 16.7 Å². The minimum atomic E-state index is 1.18. The molecule has 0 fully saturated rings. The van der Waals surface area contributed by atoms with Crippen LogP contribution in [0.15, 0.2) is 43.5 Å². The lowest BCUT2D eigenvalue weighted by Crippen LogP contribution is -1.81. The molecule has 1 aromatic rings. The summed E-state index contributed by atoms with van der Waals surface area (Å²) in [5, 5.41) is 0. The zero-order valence-electron chi connectivity index (χ0n) is 7.96. The molecule has 0 N–H and O–H groups in total. The maximum absolute atomic E-state index is 3.77. The highest BCUT2D eigenvalue weighted by Gasteiger charge is 1.93. The number of aryl methyl sites for hydroxylation is 1. The third-order valence-corrected chi connectivity index (χ3v) is 1.95. The topological polar surface area (TPSA) is 0 Å². The van der Waals surface area contributed by atoms with Crippen molar-refractivity contribution in [1.82, 2.24) is 0 Å². The van der Waals surface area contributed by atoms with Crippen molar-refractivity contribution in [3.63, 3.8) is 0 Å². The van der Waals surface area contributed by atoms with E-state index in [1.54, 1.807) is 6.08 Å². The Morgan fingerprint density at radius 3 is 2.62 bits per heavy atom. The first-order valence-electron chi connectivity index (χ1n) is 4.30. The van der Waals surface area contributed by atoms with Crippen LogP contribution in [0.2, 0.25) is 0 Å². The minimum absolute atomic E-state index is 1.18. The molecule has 0 atom stereocenters. The van der Waals surface area contributed by atoms with Gasteiger partial charge in [0.2, 0.25) is 0 Å². The Morgan fingerprint density at radius 2 is 2.00 bits per heavy atom. The smallest absolute Gasteiger partial charge is 0.0227 e. The van der Waals surface area contributed by atoms with Crippen molar-refractivity contribution in [1.29, 1.82) is 0 Å². The van der Waals surface area contributed by atoms with Crippen LogP contribution >= 0.6 is 0 Å². The summed E-state index contributed by atoms with van der Waals surface area (Å²) in [7, 11) is 0. The van der Waals surface area contributed by atoms with E-state index >= 15 is 0 Å². The van der Waals surface area contributed by atoms with Crippen LogP contribution in [0.4, 0.5) is 0 Å². The second kappa shape index (κ2) is 4.46. The van der Waals surface area contributed by atoms with Crippen molar-refractivity contribution in [2.45, 2.75) is 6.92 Å². The molecule has 0 aromatic heterocycles. The standard InChI is InChI=1S/C13H14/c1-4-6-7-12-9-8-11(3)13(5-2)10-12/h4-10H,1-2H2,3H3. The van der Waals surface area contributed by atoms with Gasteiger partial charge < -0.3 is 0 Å². The Labute approximate surface area is 79.9 Å². The number of allylic oxidation sites excluding steroid dienone is 2. The van der Waals surface area contributed by atoms with E-state index in [4.69, 9.17) is 0 Å². The summed E-state index contributed by atoms with van der Waals surface area (Å²) >= 11 is 0. The average molecular weight is 170 g/mol. The van der Waals surface area contributed by atoms with Gasteiger partial charge in [-0.3, -0.25) is 0 Å². The van der Waals surface area contributed by atoms with Crippen molar-refractivity contribution in [2.24, 2.45) is 0 Å². The number of rotatable bonds is 3. The highest BCUT2D eigenvalue weighted by Crippen LogP contribution is 2.13. The molecule has 0 heteroatoms. The van der Waals surface area contributed by atoms with E-state index in [9.17, 15) is 0 Å². The first kappa shape index (κ1) is 9.53. The first-order chi connectivity index (χ1) is 6.27. The van der Waals surface area contributed by atoms with E-state index in [0.717, 1.165) is 0 Å². The normalized spacial score (nSPS) is 10.2. The SMILES string of the molecule is C=CC=Cc1ccc(C)c(C=C)c1. The second-order valence-electron chi connectivity index (χ2n) is 2.91. The minimum Gasteiger partial charge on any atom is -0.0991 e. The number of hydrogen-bond acceptors (Lipinski definition) is 0. The molecule has 0 bridgehead atoms. The molecule has 0 heterocycles. The van der Waals surface area contributed by atoms with Gasteiger partial charge in [0.25, 0.3) is 0 Å². The van der Waals surface area contributed by atoms with Crippen LogP contribution < -0.4 is 0 Å². The summed E-state index contributed by atoms with van der Waals surface area (Å²) < 4.78 is 0. The van der Waals surface area contributed by atoms with Gasteiger partial charge >= 0.3 is 0 Å². The van der Waals surface area contributed by atoms with Gasteiger partial charge in [-0.2, -0.15) is 0 Å². The van der Waals surface area contributed by atoms with Crippen molar-refractivity contribution in [2.75, 3.05) is 0 Å². The Morgan fingerprint density at radius 1 is 1.23 bits per heavy atom. The van der Waals surface area contributed by atoms with Crippen LogP contribution in [0.1, 0.15) is 16.7 Å². The summed E-state index contributed by atoms with van der Waals surface area (Å²) in [4.78, 5) is 0. The third kappa shape index (κ3) is 2.45. The zero-order chi connectivity index (χ0) is 9.68. The lowest BCUT2D eigenvalue weighted by Gasteiger charge is -2.00. The van der Waals surface area contributed by atoms with Gasteiger partial charge in [0, 0.05) is 0 Å². The van der Waals surface area contributed by atoms with Crippen LogP contribution in [0, 0.1) is 6.92 Å². The van der Waals surface area contributed by atoms with Gasteiger partial charge in [0.15, 0.2) is 0 Å². The largest absolute Gasteiger partial charge is 0.0991 e. The molecule has 0 aliphatic rings. The summed E-state index contributed by atoms with van der Waals surface area (Å²) in [5.74, 6) is 0. The Kier molecular flexibility index (Phi) is 3.27. The molecule has 0 nitrogen and oxygen atoms in total. The maximum atomic E-state index is 3.77. The molecule has 0 saturated carbocycles.